The van der Waals surface area contributed by atoms with Gasteiger partial charge in [0.1, 0.15) is 5.75 Å². The molecule has 0 fully saturated rings. The minimum atomic E-state index is -1.05. The van der Waals surface area contributed by atoms with Crippen molar-refractivity contribution in [3.63, 3.8) is 0 Å². The van der Waals surface area contributed by atoms with Crippen LogP contribution < -0.4 is 0 Å². The number of rotatable bonds is 5. The zero-order valence-corrected chi connectivity index (χ0v) is 9.19. The van der Waals surface area contributed by atoms with Crippen LogP contribution in [0.5, 0.6) is 5.75 Å². The fourth-order valence-electron chi connectivity index (χ4n) is 1.42. The summed E-state index contributed by atoms with van der Waals surface area (Å²) in [6, 6.07) is 2.79. The van der Waals surface area contributed by atoms with Gasteiger partial charge >= 0.3 is 5.97 Å². The minimum Gasteiger partial charge on any atom is -0.508 e. The Balaban J connectivity index is 3.19. The first-order valence-electron chi connectivity index (χ1n) is 4.66. The summed E-state index contributed by atoms with van der Waals surface area (Å²) < 4.78 is 9.73. The lowest BCUT2D eigenvalue weighted by atomic mass is 10.0. The van der Waals surface area contributed by atoms with Gasteiger partial charge in [0.05, 0.1) is 18.8 Å². The van der Waals surface area contributed by atoms with Gasteiger partial charge in [-0.2, -0.15) is 0 Å². The topological polar surface area (TPSA) is 76.0 Å². The summed E-state index contributed by atoms with van der Waals surface area (Å²) in [6.45, 7) is 0.307. The van der Waals surface area contributed by atoms with Gasteiger partial charge in [0.2, 0.25) is 0 Å². The van der Waals surface area contributed by atoms with E-state index in [1.165, 1.54) is 26.4 Å². The van der Waals surface area contributed by atoms with Crippen LogP contribution in [0.25, 0.3) is 0 Å². The van der Waals surface area contributed by atoms with E-state index < -0.39 is 5.97 Å². The lowest BCUT2D eigenvalue weighted by Crippen LogP contribution is -2.05. The number of benzene rings is 1. The molecule has 0 aliphatic carbocycles. The van der Waals surface area contributed by atoms with Crippen LogP contribution in [0.1, 0.15) is 21.5 Å². The molecule has 0 heterocycles. The third-order valence-electron chi connectivity index (χ3n) is 2.13. The van der Waals surface area contributed by atoms with Crippen LogP contribution in [-0.4, -0.2) is 30.4 Å². The second-order valence-electron chi connectivity index (χ2n) is 3.31. The van der Waals surface area contributed by atoms with E-state index in [0.717, 1.165) is 0 Å². The molecular weight excluding hydrogens is 212 g/mol. The van der Waals surface area contributed by atoms with E-state index in [9.17, 15) is 9.90 Å². The molecule has 0 saturated heterocycles. The van der Waals surface area contributed by atoms with Gasteiger partial charge in [-0.05, 0) is 17.7 Å². The Morgan fingerprint density at radius 3 is 2.25 bits per heavy atom. The third kappa shape index (κ3) is 2.71. The van der Waals surface area contributed by atoms with Gasteiger partial charge in [0.15, 0.2) is 0 Å². The number of phenolic OH excluding ortho intramolecular Hbond substituents is 1. The predicted molar refractivity (Wildman–Crippen MR) is 56.5 cm³/mol. The molecule has 0 unspecified atom stereocenters. The molecule has 0 atom stereocenters. The smallest absolute Gasteiger partial charge is 0.336 e. The summed E-state index contributed by atoms with van der Waals surface area (Å²) in [5, 5.41) is 18.6. The molecule has 0 amide bonds. The van der Waals surface area contributed by atoms with Crippen LogP contribution in [0.15, 0.2) is 12.1 Å². The Labute approximate surface area is 93.2 Å². The molecule has 1 rings (SSSR count). The van der Waals surface area contributed by atoms with E-state index in [0.29, 0.717) is 11.1 Å². The molecule has 16 heavy (non-hydrogen) atoms. The average Bonchev–Trinajstić information content (AvgIpc) is 2.22. The maximum atomic E-state index is 11.0. The van der Waals surface area contributed by atoms with Crippen LogP contribution in [0.4, 0.5) is 0 Å². The largest absolute Gasteiger partial charge is 0.508 e. The fraction of sp³-hybridized carbons (Fsp3) is 0.364. The molecular formula is C11H14O5. The maximum absolute atomic E-state index is 11.0. The lowest BCUT2D eigenvalue weighted by molar-refractivity contribution is 0.0691. The Morgan fingerprint density at radius 2 is 1.75 bits per heavy atom. The highest BCUT2D eigenvalue weighted by Crippen LogP contribution is 2.24. The van der Waals surface area contributed by atoms with Crippen LogP contribution in [-0.2, 0) is 22.7 Å². The van der Waals surface area contributed by atoms with Gasteiger partial charge < -0.3 is 19.7 Å². The van der Waals surface area contributed by atoms with Crippen molar-refractivity contribution in [1.29, 1.82) is 0 Å². The normalized spacial score (nSPS) is 10.4. The molecule has 88 valence electrons. The van der Waals surface area contributed by atoms with Gasteiger partial charge in [0, 0.05) is 19.8 Å². The second-order valence-corrected chi connectivity index (χ2v) is 3.31. The minimum absolute atomic E-state index is 0.0129. The number of hydrogen-bond donors (Lipinski definition) is 2. The molecule has 5 nitrogen and oxygen atoms in total. The summed E-state index contributed by atoms with van der Waals surface area (Å²) in [7, 11) is 2.94. The van der Waals surface area contributed by atoms with Crippen molar-refractivity contribution in [3.05, 3.63) is 28.8 Å². The molecule has 0 aliphatic rings. The highest BCUT2D eigenvalue weighted by Gasteiger charge is 2.14. The molecule has 1 aromatic carbocycles. The first kappa shape index (κ1) is 12.5. The Bertz CT molecular complexity index is 386. The van der Waals surface area contributed by atoms with Crippen molar-refractivity contribution in [2.24, 2.45) is 0 Å². The molecule has 2 N–H and O–H groups in total. The molecule has 0 spiro atoms. The standard InChI is InChI=1S/C11H14O5/c1-15-5-7-4-10(12)8(6-16-2)3-9(7)11(13)14/h3-4,12H,5-6H2,1-2H3,(H,13,14). The Hall–Kier alpha value is -1.59. The van der Waals surface area contributed by atoms with Crippen molar-refractivity contribution < 1.29 is 24.5 Å². The number of aromatic hydroxyl groups is 1. The summed E-state index contributed by atoms with van der Waals surface area (Å²) in [5.41, 5.74) is 0.999. The van der Waals surface area contributed by atoms with Crippen molar-refractivity contribution in [2.45, 2.75) is 13.2 Å². The number of carbonyl (C=O) groups is 1. The molecule has 0 radical (unpaired) electrons. The predicted octanol–water partition coefficient (Wildman–Crippen LogP) is 1.38. The quantitative estimate of drug-likeness (QED) is 0.793. The Morgan fingerprint density at radius 1 is 1.19 bits per heavy atom. The molecule has 0 saturated carbocycles. The van der Waals surface area contributed by atoms with Gasteiger partial charge in [-0.15, -0.1) is 0 Å². The van der Waals surface area contributed by atoms with Crippen LogP contribution in [0.3, 0.4) is 0 Å². The van der Waals surface area contributed by atoms with Crippen LogP contribution in [0, 0.1) is 0 Å². The Kier molecular flexibility index (Phi) is 4.28. The summed E-state index contributed by atoms with van der Waals surface area (Å²) in [5.74, 6) is -1.04. The van der Waals surface area contributed by atoms with E-state index in [2.05, 4.69) is 0 Å². The van der Waals surface area contributed by atoms with E-state index in [-0.39, 0.29) is 24.5 Å². The van der Waals surface area contributed by atoms with Crippen molar-refractivity contribution >= 4 is 5.97 Å². The fourth-order valence-corrected chi connectivity index (χ4v) is 1.42. The summed E-state index contributed by atoms with van der Waals surface area (Å²) in [4.78, 5) is 11.0. The van der Waals surface area contributed by atoms with E-state index in [4.69, 9.17) is 14.6 Å². The number of methoxy groups -OCH3 is 2. The number of carboxylic acids is 1. The third-order valence-corrected chi connectivity index (χ3v) is 2.13. The molecule has 1 aromatic rings. The van der Waals surface area contributed by atoms with Crippen molar-refractivity contribution in [2.75, 3.05) is 14.2 Å². The number of ether oxygens (including phenoxy) is 2. The second kappa shape index (κ2) is 5.48. The summed E-state index contributed by atoms with van der Waals surface area (Å²) >= 11 is 0. The maximum Gasteiger partial charge on any atom is 0.336 e. The zero-order valence-electron chi connectivity index (χ0n) is 9.19. The van der Waals surface area contributed by atoms with Crippen molar-refractivity contribution in [1.82, 2.24) is 0 Å². The number of hydrogen-bond acceptors (Lipinski definition) is 4. The van der Waals surface area contributed by atoms with Crippen LogP contribution >= 0.6 is 0 Å². The number of phenols is 1. The number of carboxylic acid groups (broad SMARTS) is 1. The monoisotopic (exact) mass is 226 g/mol. The van der Waals surface area contributed by atoms with Gasteiger partial charge in [0.25, 0.3) is 0 Å². The SMILES string of the molecule is COCc1cc(C(=O)O)c(COC)cc1O. The first-order chi connectivity index (χ1) is 7.60. The molecule has 0 aliphatic heterocycles. The van der Waals surface area contributed by atoms with Crippen molar-refractivity contribution in [3.8, 4) is 5.75 Å². The molecule has 0 aromatic heterocycles. The zero-order chi connectivity index (χ0) is 12.1. The molecule has 0 bridgehead atoms. The van der Waals surface area contributed by atoms with Crippen LogP contribution in [0.2, 0.25) is 0 Å². The van der Waals surface area contributed by atoms with E-state index >= 15 is 0 Å². The first-order valence-corrected chi connectivity index (χ1v) is 4.66. The van der Waals surface area contributed by atoms with Gasteiger partial charge in [-0.25, -0.2) is 4.79 Å². The van der Waals surface area contributed by atoms with Gasteiger partial charge in [-0.1, -0.05) is 0 Å². The lowest BCUT2D eigenvalue weighted by Gasteiger charge is -2.10. The highest BCUT2D eigenvalue weighted by atomic mass is 16.5. The van der Waals surface area contributed by atoms with Gasteiger partial charge in [-0.3, -0.25) is 0 Å². The number of aromatic carboxylic acids is 1. The van der Waals surface area contributed by atoms with E-state index in [1.54, 1.807) is 0 Å². The summed E-state index contributed by atoms with van der Waals surface area (Å²) in [6.07, 6.45) is 0. The average molecular weight is 226 g/mol. The molecule has 5 heteroatoms. The van der Waals surface area contributed by atoms with E-state index in [1.807, 2.05) is 0 Å². The highest BCUT2D eigenvalue weighted by molar-refractivity contribution is 5.90.